The molecule has 2 N–H and O–H groups in total. The van der Waals surface area contributed by atoms with Crippen LogP contribution in [0.25, 0.3) is 0 Å². The highest BCUT2D eigenvalue weighted by atomic mass is 16.2. The minimum Gasteiger partial charge on any atom is -0.333 e. The fourth-order valence-corrected chi connectivity index (χ4v) is 3.19. The number of hydrogen-bond donors (Lipinski definition) is 1. The van der Waals surface area contributed by atoms with E-state index in [0.717, 1.165) is 19.3 Å². The fraction of sp³-hybridized carbons (Fsp3) is 0.562. The van der Waals surface area contributed by atoms with Crippen molar-refractivity contribution in [1.29, 1.82) is 0 Å². The largest absolute Gasteiger partial charge is 0.333 e. The maximum absolute atomic E-state index is 12.5. The standard InChI is InChI=1S/C16H22N2O/c17-11-3-6-16(19)18(13-8-9-13)15-10-7-12-4-1-2-5-14(12)15/h1-2,4-5,13,15H,3,6-11,17H2. The van der Waals surface area contributed by atoms with Gasteiger partial charge < -0.3 is 10.6 Å². The van der Waals surface area contributed by atoms with Gasteiger partial charge in [-0.3, -0.25) is 4.79 Å². The summed E-state index contributed by atoms with van der Waals surface area (Å²) in [5.41, 5.74) is 8.32. The second-order valence-electron chi connectivity index (χ2n) is 5.68. The summed E-state index contributed by atoms with van der Waals surface area (Å²) in [6.07, 6.45) is 5.95. The Kier molecular flexibility index (Phi) is 3.56. The van der Waals surface area contributed by atoms with Crippen molar-refractivity contribution in [2.75, 3.05) is 6.54 Å². The van der Waals surface area contributed by atoms with Gasteiger partial charge in [0.25, 0.3) is 0 Å². The first-order chi connectivity index (χ1) is 9.31. The van der Waals surface area contributed by atoms with Crippen molar-refractivity contribution in [2.45, 2.75) is 50.6 Å². The molecule has 1 aromatic carbocycles. The highest BCUT2D eigenvalue weighted by molar-refractivity contribution is 5.77. The lowest BCUT2D eigenvalue weighted by atomic mass is 10.1. The molecule has 102 valence electrons. The molecule has 3 nitrogen and oxygen atoms in total. The molecule has 3 rings (SSSR count). The number of hydrogen-bond acceptors (Lipinski definition) is 2. The van der Waals surface area contributed by atoms with Gasteiger partial charge in [-0.15, -0.1) is 0 Å². The molecule has 1 saturated carbocycles. The topological polar surface area (TPSA) is 46.3 Å². The average Bonchev–Trinajstić information content (AvgIpc) is 3.17. The summed E-state index contributed by atoms with van der Waals surface area (Å²) in [5.74, 6) is 0.301. The van der Waals surface area contributed by atoms with Crippen molar-refractivity contribution in [3.05, 3.63) is 35.4 Å². The van der Waals surface area contributed by atoms with Crippen LogP contribution in [0.4, 0.5) is 0 Å². The lowest BCUT2D eigenvalue weighted by molar-refractivity contribution is -0.134. The van der Waals surface area contributed by atoms with Gasteiger partial charge in [0.15, 0.2) is 0 Å². The SMILES string of the molecule is NCCCC(=O)N(C1CC1)C1CCc2ccccc21. The molecule has 2 aliphatic rings. The van der Waals surface area contributed by atoms with Crippen LogP contribution in [-0.4, -0.2) is 23.4 Å². The van der Waals surface area contributed by atoms with E-state index in [1.54, 1.807) is 0 Å². The molecule has 1 fully saturated rings. The average molecular weight is 258 g/mol. The number of fused-ring (bicyclic) bond motifs is 1. The zero-order valence-corrected chi connectivity index (χ0v) is 11.3. The summed E-state index contributed by atoms with van der Waals surface area (Å²) in [4.78, 5) is 14.6. The van der Waals surface area contributed by atoms with Gasteiger partial charge in [0.2, 0.25) is 5.91 Å². The lowest BCUT2D eigenvalue weighted by Crippen LogP contribution is -2.36. The van der Waals surface area contributed by atoms with Gasteiger partial charge in [-0.25, -0.2) is 0 Å². The Balaban J connectivity index is 1.80. The maximum Gasteiger partial charge on any atom is 0.223 e. The summed E-state index contributed by atoms with van der Waals surface area (Å²) in [7, 11) is 0. The van der Waals surface area contributed by atoms with Crippen LogP contribution < -0.4 is 5.73 Å². The van der Waals surface area contributed by atoms with Crippen LogP contribution in [0.3, 0.4) is 0 Å². The van der Waals surface area contributed by atoms with Gasteiger partial charge in [-0.2, -0.15) is 0 Å². The van der Waals surface area contributed by atoms with E-state index in [-0.39, 0.29) is 0 Å². The Bertz CT molecular complexity index is 468. The van der Waals surface area contributed by atoms with Crippen LogP contribution in [0, 0.1) is 0 Å². The lowest BCUT2D eigenvalue weighted by Gasteiger charge is -2.30. The van der Waals surface area contributed by atoms with Gasteiger partial charge in [-0.05, 0) is 49.8 Å². The van der Waals surface area contributed by atoms with E-state index in [9.17, 15) is 4.79 Å². The van der Waals surface area contributed by atoms with Crippen LogP contribution >= 0.6 is 0 Å². The molecule has 3 heteroatoms. The molecule has 1 aromatic rings. The Morgan fingerprint density at radius 3 is 2.79 bits per heavy atom. The summed E-state index contributed by atoms with van der Waals surface area (Å²) in [5, 5.41) is 0. The predicted molar refractivity (Wildman–Crippen MR) is 75.7 cm³/mol. The van der Waals surface area contributed by atoms with Gasteiger partial charge in [-0.1, -0.05) is 24.3 Å². The molecule has 0 spiro atoms. The Morgan fingerprint density at radius 1 is 1.26 bits per heavy atom. The third-order valence-electron chi connectivity index (χ3n) is 4.26. The Hall–Kier alpha value is -1.35. The normalized spacial score (nSPS) is 21.2. The molecule has 1 unspecified atom stereocenters. The van der Waals surface area contributed by atoms with Crippen molar-refractivity contribution >= 4 is 5.91 Å². The molecule has 0 saturated heterocycles. The molecule has 0 aliphatic heterocycles. The van der Waals surface area contributed by atoms with Crippen LogP contribution in [0.15, 0.2) is 24.3 Å². The smallest absolute Gasteiger partial charge is 0.223 e. The van der Waals surface area contributed by atoms with Crippen molar-refractivity contribution < 1.29 is 4.79 Å². The molecule has 0 bridgehead atoms. The second-order valence-corrected chi connectivity index (χ2v) is 5.68. The Labute approximate surface area is 114 Å². The van der Waals surface area contributed by atoms with Crippen LogP contribution in [0.2, 0.25) is 0 Å². The number of amides is 1. The third kappa shape index (κ3) is 2.52. The third-order valence-corrected chi connectivity index (χ3v) is 4.26. The molecule has 1 amide bonds. The van der Waals surface area contributed by atoms with E-state index in [2.05, 4.69) is 29.2 Å². The molecule has 0 radical (unpaired) electrons. The van der Waals surface area contributed by atoms with Crippen molar-refractivity contribution in [1.82, 2.24) is 4.90 Å². The summed E-state index contributed by atoms with van der Waals surface area (Å²) < 4.78 is 0. The van der Waals surface area contributed by atoms with Crippen LogP contribution in [0.1, 0.15) is 49.3 Å². The minimum atomic E-state index is 0.301. The number of benzene rings is 1. The minimum absolute atomic E-state index is 0.301. The molecule has 0 heterocycles. The summed E-state index contributed by atoms with van der Waals surface area (Å²) in [6.45, 7) is 0.603. The van der Waals surface area contributed by atoms with Crippen LogP contribution in [0.5, 0.6) is 0 Å². The van der Waals surface area contributed by atoms with E-state index in [4.69, 9.17) is 5.73 Å². The number of carbonyl (C=O) groups excluding carboxylic acids is 1. The van der Waals surface area contributed by atoms with E-state index < -0.39 is 0 Å². The molecular weight excluding hydrogens is 236 g/mol. The van der Waals surface area contributed by atoms with E-state index in [1.807, 2.05) is 0 Å². The highest BCUT2D eigenvalue weighted by Gasteiger charge is 2.39. The van der Waals surface area contributed by atoms with Gasteiger partial charge >= 0.3 is 0 Å². The molecule has 1 atom stereocenters. The number of nitrogens with zero attached hydrogens (tertiary/aromatic N) is 1. The number of nitrogens with two attached hydrogens (primary N) is 1. The molecule has 0 aromatic heterocycles. The quantitative estimate of drug-likeness (QED) is 0.881. The summed E-state index contributed by atoms with van der Waals surface area (Å²) >= 11 is 0. The van der Waals surface area contributed by atoms with Crippen molar-refractivity contribution in [2.24, 2.45) is 5.73 Å². The molecule has 2 aliphatic carbocycles. The first-order valence-corrected chi connectivity index (χ1v) is 7.40. The number of aryl methyl sites for hydroxylation is 1. The predicted octanol–water partition coefficient (Wildman–Crippen LogP) is 2.40. The van der Waals surface area contributed by atoms with Gasteiger partial charge in [0.1, 0.15) is 0 Å². The molecular formula is C16H22N2O. The first-order valence-electron chi connectivity index (χ1n) is 7.40. The van der Waals surface area contributed by atoms with Gasteiger partial charge in [0, 0.05) is 12.5 Å². The fourth-order valence-electron chi connectivity index (χ4n) is 3.19. The zero-order chi connectivity index (χ0) is 13.2. The van der Waals surface area contributed by atoms with E-state index in [1.165, 1.54) is 24.0 Å². The zero-order valence-electron chi connectivity index (χ0n) is 11.3. The van der Waals surface area contributed by atoms with Crippen molar-refractivity contribution in [3.8, 4) is 0 Å². The molecule has 19 heavy (non-hydrogen) atoms. The number of rotatable bonds is 5. The van der Waals surface area contributed by atoms with E-state index in [0.29, 0.717) is 31.0 Å². The monoisotopic (exact) mass is 258 g/mol. The number of carbonyl (C=O) groups is 1. The van der Waals surface area contributed by atoms with Crippen LogP contribution in [-0.2, 0) is 11.2 Å². The highest BCUT2D eigenvalue weighted by Crippen LogP contribution is 2.42. The summed E-state index contributed by atoms with van der Waals surface area (Å²) in [6, 6.07) is 9.38. The van der Waals surface area contributed by atoms with E-state index >= 15 is 0 Å². The second kappa shape index (κ2) is 5.33. The first kappa shape index (κ1) is 12.7. The van der Waals surface area contributed by atoms with Gasteiger partial charge in [0.05, 0.1) is 6.04 Å². The maximum atomic E-state index is 12.5. The Morgan fingerprint density at radius 2 is 2.05 bits per heavy atom. The van der Waals surface area contributed by atoms with Crippen molar-refractivity contribution in [3.63, 3.8) is 0 Å².